The number of benzene rings is 1. The van der Waals surface area contributed by atoms with Crippen molar-refractivity contribution in [3.05, 3.63) is 47.7 Å². The van der Waals surface area contributed by atoms with Gasteiger partial charge in [0.1, 0.15) is 5.75 Å². The lowest BCUT2D eigenvalue weighted by molar-refractivity contribution is -0.274. The molecule has 0 aliphatic heterocycles. The topological polar surface area (TPSA) is 39.2 Å². The van der Waals surface area contributed by atoms with Crippen molar-refractivity contribution in [2.75, 3.05) is 0 Å². The van der Waals surface area contributed by atoms with Crippen LogP contribution in [0.15, 0.2) is 36.5 Å². The van der Waals surface area contributed by atoms with E-state index in [2.05, 4.69) is 9.72 Å². The van der Waals surface area contributed by atoms with Crippen molar-refractivity contribution in [2.24, 2.45) is 0 Å². The molecule has 2 aromatic rings. The first kappa shape index (κ1) is 14.0. The van der Waals surface area contributed by atoms with E-state index in [1.54, 1.807) is 25.3 Å². The number of pyridine rings is 1. The van der Waals surface area contributed by atoms with Gasteiger partial charge in [-0.15, -0.1) is 13.2 Å². The predicted octanol–water partition coefficient (Wildman–Crippen LogP) is 3.77. The fraction of sp³-hybridized carbons (Fsp3) is 0.143. The number of rotatable bonds is 3. The standard InChI is InChI=1S/C14H10F3NO2/c1-9-5-11(8-19)13(18-7-9)10-3-2-4-12(6-10)20-14(15,16)17/h2-8H,1H3. The zero-order valence-electron chi connectivity index (χ0n) is 10.4. The van der Waals surface area contributed by atoms with E-state index in [0.717, 1.165) is 5.56 Å². The summed E-state index contributed by atoms with van der Waals surface area (Å²) in [6.45, 7) is 1.77. The molecule has 0 aliphatic carbocycles. The number of halogens is 3. The molecule has 0 spiro atoms. The van der Waals surface area contributed by atoms with Crippen LogP contribution in [0.3, 0.4) is 0 Å². The lowest BCUT2D eigenvalue weighted by Gasteiger charge is -2.10. The maximum absolute atomic E-state index is 12.2. The SMILES string of the molecule is Cc1cnc(-c2cccc(OC(F)(F)F)c2)c(C=O)c1. The van der Waals surface area contributed by atoms with Crippen molar-refractivity contribution in [3.8, 4) is 17.0 Å². The van der Waals surface area contributed by atoms with Gasteiger partial charge in [0.05, 0.1) is 5.69 Å². The van der Waals surface area contributed by atoms with Gasteiger partial charge in [0, 0.05) is 17.3 Å². The Morgan fingerprint density at radius 2 is 2.00 bits per heavy atom. The van der Waals surface area contributed by atoms with Crippen molar-refractivity contribution in [1.29, 1.82) is 0 Å². The smallest absolute Gasteiger partial charge is 0.406 e. The number of aryl methyl sites for hydroxylation is 1. The van der Waals surface area contributed by atoms with Crippen LogP contribution in [0, 0.1) is 6.92 Å². The Morgan fingerprint density at radius 3 is 2.65 bits per heavy atom. The minimum atomic E-state index is -4.76. The highest BCUT2D eigenvalue weighted by atomic mass is 19.4. The molecule has 0 atom stereocenters. The van der Waals surface area contributed by atoms with Crippen LogP contribution in [0.5, 0.6) is 5.75 Å². The first-order chi connectivity index (χ1) is 9.39. The molecule has 104 valence electrons. The number of alkyl halides is 3. The highest BCUT2D eigenvalue weighted by Crippen LogP contribution is 2.28. The molecule has 20 heavy (non-hydrogen) atoms. The Morgan fingerprint density at radius 1 is 1.25 bits per heavy atom. The predicted molar refractivity (Wildman–Crippen MR) is 66.5 cm³/mol. The molecule has 0 saturated carbocycles. The third kappa shape index (κ3) is 3.34. The molecule has 0 saturated heterocycles. The van der Waals surface area contributed by atoms with Gasteiger partial charge >= 0.3 is 6.36 Å². The van der Waals surface area contributed by atoms with Crippen molar-refractivity contribution in [2.45, 2.75) is 13.3 Å². The molecule has 0 amide bonds. The molecule has 0 fully saturated rings. The highest BCUT2D eigenvalue weighted by molar-refractivity contribution is 5.86. The molecule has 1 aromatic carbocycles. The lowest BCUT2D eigenvalue weighted by atomic mass is 10.1. The fourth-order valence-corrected chi connectivity index (χ4v) is 1.76. The van der Waals surface area contributed by atoms with Gasteiger partial charge in [-0.3, -0.25) is 9.78 Å². The minimum absolute atomic E-state index is 0.314. The van der Waals surface area contributed by atoms with Crippen LogP contribution in [0.25, 0.3) is 11.3 Å². The number of aldehydes is 1. The van der Waals surface area contributed by atoms with Crippen LogP contribution in [-0.2, 0) is 0 Å². The van der Waals surface area contributed by atoms with Gasteiger partial charge in [-0.05, 0) is 30.7 Å². The number of carbonyl (C=O) groups excluding carboxylic acids is 1. The van der Waals surface area contributed by atoms with Crippen LogP contribution >= 0.6 is 0 Å². The second kappa shape index (κ2) is 5.32. The number of nitrogens with zero attached hydrogens (tertiary/aromatic N) is 1. The molecule has 1 heterocycles. The van der Waals surface area contributed by atoms with Crippen molar-refractivity contribution < 1.29 is 22.7 Å². The fourth-order valence-electron chi connectivity index (χ4n) is 1.76. The summed E-state index contributed by atoms with van der Waals surface area (Å²) in [7, 11) is 0. The minimum Gasteiger partial charge on any atom is -0.406 e. The van der Waals surface area contributed by atoms with Gasteiger partial charge in [0.25, 0.3) is 0 Å². The summed E-state index contributed by atoms with van der Waals surface area (Å²) in [5.41, 5.74) is 1.81. The third-order valence-corrected chi connectivity index (χ3v) is 2.52. The Labute approximate surface area is 113 Å². The lowest BCUT2D eigenvalue weighted by Crippen LogP contribution is -2.17. The van der Waals surface area contributed by atoms with E-state index < -0.39 is 6.36 Å². The summed E-state index contributed by atoms with van der Waals surface area (Å²) in [5, 5.41) is 0. The van der Waals surface area contributed by atoms with E-state index in [0.29, 0.717) is 23.1 Å². The van der Waals surface area contributed by atoms with Gasteiger partial charge in [0.2, 0.25) is 0 Å². The summed E-state index contributed by atoms with van der Waals surface area (Å²) < 4.78 is 40.4. The Bertz CT molecular complexity index is 639. The Hall–Kier alpha value is -2.37. The summed E-state index contributed by atoms with van der Waals surface area (Å²) in [6.07, 6.45) is -2.60. The molecule has 1 aromatic heterocycles. The molecule has 6 heteroatoms. The van der Waals surface area contributed by atoms with Gasteiger partial charge in [-0.2, -0.15) is 0 Å². The van der Waals surface area contributed by atoms with Crippen LogP contribution in [0.1, 0.15) is 15.9 Å². The molecule has 0 N–H and O–H groups in total. The number of hydrogen-bond acceptors (Lipinski definition) is 3. The molecular weight excluding hydrogens is 271 g/mol. The molecule has 3 nitrogen and oxygen atoms in total. The maximum atomic E-state index is 12.2. The second-order valence-corrected chi connectivity index (χ2v) is 4.14. The number of hydrogen-bond donors (Lipinski definition) is 0. The van der Waals surface area contributed by atoms with E-state index in [4.69, 9.17) is 0 Å². The quantitative estimate of drug-likeness (QED) is 0.804. The molecule has 0 unspecified atom stereocenters. The summed E-state index contributed by atoms with van der Waals surface area (Å²) in [5.74, 6) is -0.353. The molecule has 0 bridgehead atoms. The summed E-state index contributed by atoms with van der Waals surface area (Å²) >= 11 is 0. The monoisotopic (exact) mass is 281 g/mol. The van der Waals surface area contributed by atoms with Crippen LogP contribution in [0.2, 0.25) is 0 Å². The van der Waals surface area contributed by atoms with Crippen molar-refractivity contribution in [3.63, 3.8) is 0 Å². The molecule has 2 rings (SSSR count). The zero-order chi connectivity index (χ0) is 14.8. The molecule has 0 radical (unpaired) electrons. The third-order valence-electron chi connectivity index (χ3n) is 2.52. The zero-order valence-corrected chi connectivity index (χ0v) is 10.4. The maximum Gasteiger partial charge on any atom is 0.573 e. The van der Waals surface area contributed by atoms with E-state index >= 15 is 0 Å². The molecular formula is C14H10F3NO2. The van der Waals surface area contributed by atoms with E-state index in [9.17, 15) is 18.0 Å². The van der Waals surface area contributed by atoms with Crippen LogP contribution in [0.4, 0.5) is 13.2 Å². The van der Waals surface area contributed by atoms with Gasteiger partial charge < -0.3 is 4.74 Å². The first-order valence-corrected chi connectivity index (χ1v) is 5.67. The average molecular weight is 281 g/mol. The van der Waals surface area contributed by atoms with Gasteiger partial charge in [0.15, 0.2) is 6.29 Å². The second-order valence-electron chi connectivity index (χ2n) is 4.14. The number of aromatic nitrogens is 1. The van der Waals surface area contributed by atoms with Crippen molar-refractivity contribution >= 4 is 6.29 Å². The highest BCUT2D eigenvalue weighted by Gasteiger charge is 2.31. The van der Waals surface area contributed by atoms with Gasteiger partial charge in [-0.1, -0.05) is 12.1 Å². The number of ether oxygens (including phenoxy) is 1. The van der Waals surface area contributed by atoms with E-state index in [1.807, 2.05) is 0 Å². The van der Waals surface area contributed by atoms with Crippen molar-refractivity contribution in [1.82, 2.24) is 4.98 Å². The first-order valence-electron chi connectivity index (χ1n) is 5.67. The molecule has 0 aliphatic rings. The Kier molecular flexibility index (Phi) is 3.74. The summed E-state index contributed by atoms with van der Waals surface area (Å²) in [6, 6.07) is 6.97. The Balaban J connectivity index is 2.43. The van der Waals surface area contributed by atoms with E-state index in [1.165, 1.54) is 18.2 Å². The van der Waals surface area contributed by atoms with Gasteiger partial charge in [-0.25, -0.2) is 0 Å². The van der Waals surface area contributed by atoms with Crippen LogP contribution in [-0.4, -0.2) is 17.6 Å². The largest absolute Gasteiger partial charge is 0.573 e. The van der Waals surface area contributed by atoms with Crippen LogP contribution < -0.4 is 4.74 Å². The normalized spacial score (nSPS) is 11.2. The number of carbonyl (C=O) groups is 1. The average Bonchev–Trinajstić information content (AvgIpc) is 2.36. The van der Waals surface area contributed by atoms with E-state index in [-0.39, 0.29) is 5.75 Å². The summed E-state index contributed by atoms with van der Waals surface area (Å²) in [4.78, 5) is 15.1.